The number of ether oxygens (including phenoxy) is 2. The summed E-state index contributed by atoms with van der Waals surface area (Å²) in [5.74, 6) is -0.235. The number of methoxy groups -OCH3 is 2. The molecule has 0 amide bonds. The summed E-state index contributed by atoms with van der Waals surface area (Å²) in [4.78, 5) is 2.24. The minimum Gasteiger partial charge on any atom is -0.385 e. The van der Waals surface area contributed by atoms with E-state index in [-0.39, 0.29) is 17.9 Å². The van der Waals surface area contributed by atoms with E-state index in [4.69, 9.17) is 15.2 Å². The highest BCUT2D eigenvalue weighted by molar-refractivity contribution is 5.21. The van der Waals surface area contributed by atoms with Gasteiger partial charge in [0.2, 0.25) is 0 Å². The molecule has 4 nitrogen and oxygen atoms in total. The van der Waals surface area contributed by atoms with Gasteiger partial charge in [-0.25, -0.2) is 4.39 Å². The Labute approximate surface area is 127 Å². The van der Waals surface area contributed by atoms with Crippen molar-refractivity contribution in [1.82, 2.24) is 4.90 Å². The molecule has 0 fully saturated rings. The predicted molar refractivity (Wildman–Crippen MR) is 82.7 cm³/mol. The fourth-order valence-corrected chi connectivity index (χ4v) is 2.55. The highest BCUT2D eigenvalue weighted by atomic mass is 19.1. The van der Waals surface area contributed by atoms with Crippen LogP contribution >= 0.6 is 0 Å². The van der Waals surface area contributed by atoms with Gasteiger partial charge in [-0.15, -0.1) is 0 Å². The number of nitrogens with zero attached hydrogens (tertiary/aromatic N) is 1. The summed E-state index contributed by atoms with van der Waals surface area (Å²) < 4.78 is 23.8. The van der Waals surface area contributed by atoms with E-state index >= 15 is 0 Å². The van der Waals surface area contributed by atoms with Crippen molar-refractivity contribution >= 4 is 0 Å². The van der Waals surface area contributed by atoms with E-state index in [1.165, 1.54) is 6.07 Å². The van der Waals surface area contributed by atoms with Gasteiger partial charge in [-0.3, -0.25) is 4.90 Å². The quantitative estimate of drug-likeness (QED) is 0.673. The molecule has 21 heavy (non-hydrogen) atoms. The van der Waals surface area contributed by atoms with Crippen LogP contribution in [0.25, 0.3) is 0 Å². The zero-order valence-corrected chi connectivity index (χ0v) is 13.2. The summed E-state index contributed by atoms with van der Waals surface area (Å²) in [7, 11) is 3.37. The largest absolute Gasteiger partial charge is 0.385 e. The van der Waals surface area contributed by atoms with E-state index in [9.17, 15) is 4.39 Å². The van der Waals surface area contributed by atoms with E-state index in [1.807, 2.05) is 13.0 Å². The summed E-state index contributed by atoms with van der Waals surface area (Å²) in [6, 6.07) is 6.52. The van der Waals surface area contributed by atoms with Gasteiger partial charge in [0, 0.05) is 46.0 Å². The van der Waals surface area contributed by atoms with Crippen molar-refractivity contribution in [3.8, 4) is 0 Å². The fourth-order valence-electron chi connectivity index (χ4n) is 2.55. The summed E-state index contributed by atoms with van der Waals surface area (Å²) in [6.07, 6.45) is 0.902. The maximum absolute atomic E-state index is 13.5. The van der Waals surface area contributed by atoms with Crippen molar-refractivity contribution in [2.75, 3.05) is 40.5 Å². The zero-order valence-electron chi connectivity index (χ0n) is 13.2. The molecule has 0 aliphatic heterocycles. The standard InChI is InChI=1S/C16H27FN2O2/c1-13(18)16(14-6-4-7-15(17)12-14)19(9-11-21-3)8-5-10-20-2/h4,6-7,12-13,16H,5,8-11,18H2,1-3H3. The average molecular weight is 298 g/mol. The van der Waals surface area contributed by atoms with Crippen LogP contribution in [0.1, 0.15) is 24.9 Å². The van der Waals surface area contributed by atoms with Crippen molar-refractivity contribution in [3.63, 3.8) is 0 Å². The third-order valence-electron chi connectivity index (χ3n) is 3.46. The van der Waals surface area contributed by atoms with Crippen LogP contribution in [0.5, 0.6) is 0 Å². The summed E-state index contributed by atoms with van der Waals surface area (Å²) in [5.41, 5.74) is 7.06. The number of hydrogen-bond acceptors (Lipinski definition) is 4. The zero-order chi connectivity index (χ0) is 15.7. The molecule has 0 saturated heterocycles. The summed E-state index contributed by atoms with van der Waals surface area (Å²) in [5, 5.41) is 0. The number of hydrogen-bond donors (Lipinski definition) is 1. The van der Waals surface area contributed by atoms with E-state index in [2.05, 4.69) is 4.90 Å². The van der Waals surface area contributed by atoms with Crippen LogP contribution in [0, 0.1) is 5.82 Å². The Kier molecular flexibility index (Phi) is 8.45. The van der Waals surface area contributed by atoms with Crippen LogP contribution in [-0.4, -0.2) is 51.5 Å². The van der Waals surface area contributed by atoms with Crippen LogP contribution in [0.3, 0.4) is 0 Å². The summed E-state index contributed by atoms with van der Waals surface area (Å²) >= 11 is 0. The third-order valence-corrected chi connectivity index (χ3v) is 3.46. The Hall–Kier alpha value is -1.01. The molecule has 1 rings (SSSR count). The van der Waals surface area contributed by atoms with E-state index in [1.54, 1.807) is 26.4 Å². The first kappa shape index (κ1) is 18.0. The molecule has 2 N–H and O–H groups in total. The lowest BCUT2D eigenvalue weighted by Crippen LogP contribution is -2.42. The molecule has 1 aromatic carbocycles. The summed E-state index contributed by atoms with van der Waals surface area (Å²) in [6.45, 7) is 4.85. The van der Waals surface area contributed by atoms with Crippen molar-refractivity contribution < 1.29 is 13.9 Å². The van der Waals surface area contributed by atoms with Gasteiger partial charge in [-0.1, -0.05) is 12.1 Å². The average Bonchev–Trinajstić information content (AvgIpc) is 2.44. The van der Waals surface area contributed by atoms with Crippen molar-refractivity contribution in [2.45, 2.75) is 25.4 Å². The van der Waals surface area contributed by atoms with Gasteiger partial charge >= 0.3 is 0 Å². The second-order valence-electron chi connectivity index (χ2n) is 5.23. The monoisotopic (exact) mass is 298 g/mol. The SMILES string of the molecule is COCCCN(CCOC)C(c1cccc(F)c1)C(C)N. The van der Waals surface area contributed by atoms with Gasteiger partial charge in [0.05, 0.1) is 6.61 Å². The Morgan fingerprint density at radius 1 is 1.19 bits per heavy atom. The molecule has 2 atom stereocenters. The molecule has 120 valence electrons. The van der Waals surface area contributed by atoms with Crippen LogP contribution in [0.2, 0.25) is 0 Å². The van der Waals surface area contributed by atoms with Gasteiger partial charge in [-0.05, 0) is 31.0 Å². The lowest BCUT2D eigenvalue weighted by Gasteiger charge is -2.34. The maximum Gasteiger partial charge on any atom is 0.123 e. The van der Waals surface area contributed by atoms with Gasteiger partial charge in [-0.2, -0.15) is 0 Å². The van der Waals surface area contributed by atoms with E-state index in [0.717, 1.165) is 25.1 Å². The van der Waals surface area contributed by atoms with Gasteiger partial charge in [0.25, 0.3) is 0 Å². The predicted octanol–water partition coefficient (Wildman–Crippen LogP) is 2.20. The number of nitrogens with two attached hydrogens (primary N) is 1. The molecule has 0 aliphatic rings. The van der Waals surface area contributed by atoms with E-state index < -0.39 is 0 Å². The second kappa shape index (κ2) is 9.84. The van der Waals surface area contributed by atoms with Crippen molar-refractivity contribution in [2.24, 2.45) is 5.73 Å². The van der Waals surface area contributed by atoms with Crippen LogP contribution in [0.4, 0.5) is 4.39 Å². The highest BCUT2D eigenvalue weighted by Crippen LogP contribution is 2.24. The van der Waals surface area contributed by atoms with Crippen molar-refractivity contribution in [3.05, 3.63) is 35.6 Å². The minimum atomic E-state index is -0.235. The third kappa shape index (κ3) is 6.09. The molecule has 0 heterocycles. The van der Waals surface area contributed by atoms with Crippen LogP contribution < -0.4 is 5.73 Å². The topological polar surface area (TPSA) is 47.7 Å². The highest BCUT2D eigenvalue weighted by Gasteiger charge is 2.24. The molecule has 0 saturated carbocycles. The molecule has 5 heteroatoms. The van der Waals surface area contributed by atoms with E-state index in [0.29, 0.717) is 13.2 Å². The normalized spacial score (nSPS) is 14.4. The lowest BCUT2D eigenvalue weighted by atomic mass is 9.98. The second-order valence-corrected chi connectivity index (χ2v) is 5.23. The molecule has 0 aliphatic carbocycles. The Bertz CT molecular complexity index is 402. The van der Waals surface area contributed by atoms with Crippen LogP contribution in [-0.2, 0) is 9.47 Å². The molecule has 0 spiro atoms. The molecule has 0 bridgehead atoms. The van der Waals surface area contributed by atoms with Gasteiger partial charge in [0.1, 0.15) is 5.82 Å². The lowest BCUT2D eigenvalue weighted by molar-refractivity contribution is 0.0980. The molecule has 0 aromatic heterocycles. The molecular weight excluding hydrogens is 271 g/mol. The molecule has 2 unspecified atom stereocenters. The Morgan fingerprint density at radius 2 is 1.90 bits per heavy atom. The van der Waals surface area contributed by atoms with Crippen molar-refractivity contribution in [1.29, 1.82) is 0 Å². The smallest absolute Gasteiger partial charge is 0.123 e. The number of halogens is 1. The van der Waals surface area contributed by atoms with Crippen LogP contribution in [0.15, 0.2) is 24.3 Å². The Balaban J connectivity index is 2.89. The number of benzene rings is 1. The first-order chi connectivity index (χ1) is 10.1. The molecular formula is C16H27FN2O2. The Morgan fingerprint density at radius 3 is 2.48 bits per heavy atom. The maximum atomic E-state index is 13.5. The minimum absolute atomic E-state index is 0.0345. The number of rotatable bonds is 10. The molecule has 1 aromatic rings. The van der Waals surface area contributed by atoms with Gasteiger partial charge < -0.3 is 15.2 Å². The first-order valence-corrected chi connectivity index (χ1v) is 7.33. The van der Waals surface area contributed by atoms with Gasteiger partial charge in [0.15, 0.2) is 0 Å². The molecule has 0 radical (unpaired) electrons. The fraction of sp³-hybridized carbons (Fsp3) is 0.625. The first-order valence-electron chi connectivity index (χ1n) is 7.33.